The highest BCUT2D eigenvalue weighted by Gasteiger charge is 2.18. The molecule has 2 N–H and O–H groups in total. The summed E-state index contributed by atoms with van der Waals surface area (Å²) >= 11 is 0. The summed E-state index contributed by atoms with van der Waals surface area (Å²) < 4.78 is 0. The van der Waals surface area contributed by atoms with Gasteiger partial charge in [-0.15, -0.1) is 0 Å². The second-order valence-corrected chi connectivity index (χ2v) is 4.16. The van der Waals surface area contributed by atoms with Crippen LogP contribution < -0.4 is 5.32 Å². The molecule has 0 radical (unpaired) electrons. The van der Waals surface area contributed by atoms with Gasteiger partial charge in [0.1, 0.15) is 0 Å². The molecule has 3 heteroatoms. The van der Waals surface area contributed by atoms with Gasteiger partial charge in [0.25, 0.3) is 0 Å². The fourth-order valence-electron chi connectivity index (χ4n) is 2.13. The van der Waals surface area contributed by atoms with Crippen molar-refractivity contribution in [2.24, 2.45) is 11.8 Å². The molecule has 0 aromatic rings. The third-order valence-electron chi connectivity index (χ3n) is 2.75. The van der Waals surface area contributed by atoms with Crippen LogP contribution in [0.3, 0.4) is 0 Å². The van der Waals surface area contributed by atoms with E-state index in [0.29, 0.717) is 5.92 Å². The van der Waals surface area contributed by atoms with Crippen molar-refractivity contribution in [1.82, 2.24) is 5.32 Å². The van der Waals surface area contributed by atoms with E-state index in [-0.39, 0.29) is 6.54 Å². The van der Waals surface area contributed by atoms with E-state index in [1.54, 1.807) is 0 Å². The predicted octanol–water partition coefficient (Wildman–Crippen LogP) is 1.49. The normalized spacial score (nSPS) is 28.7. The Balaban J connectivity index is 2.10. The summed E-state index contributed by atoms with van der Waals surface area (Å²) in [7, 11) is 0. The lowest BCUT2D eigenvalue weighted by Crippen LogP contribution is -2.30. The Morgan fingerprint density at radius 2 is 2.31 bits per heavy atom. The number of rotatable bonds is 4. The van der Waals surface area contributed by atoms with Crippen molar-refractivity contribution in [1.29, 1.82) is 0 Å². The smallest absolute Gasteiger partial charge is 0.317 e. The molecule has 13 heavy (non-hydrogen) atoms. The molecule has 2 atom stereocenters. The van der Waals surface area contributed by atoms with Crippen molar-refractivity contribution in [2.45, 2.75) is 32.6 Å². The van der Waals surface area contributed by atoms with E-state index in [9.17, 15) is 4.79 Å². The zero-order valence-electron chi connectivity index (χ0n) is 8.25. The van der Waals surface area contributed by atoms with Crippen molar-refractivity contribution >= 4 is 5.97 Å². The second-order valence-electron chi connectivity index (χ2n) is 4.16. The largest absolute Gasteiger partial charge is 0.480 e. The number of carboxylic acids is 1. The minimum Gasteiger partial charge on any atom is -0.480 e. The number of hydrogen-bond donors (Lipinski definition) is 2. The van der Waals surface area contributed by atoms with Gasteiger partial charge in [-0.3, -0.25) is 4.79 Å². The number of nitrogens with one attached hydrogen (secondary N) is 1. The third kappa shape index (κ3) is 4.27. The molecule has 2 unspecified atom stereocenters. The Hall–Kier alpha value is -0.570. The van der Waals surface area contributed by atoms with Crippen LogP contribution in [-0.4, -0.2) is 24.2 Å². The molecular formula is C10H19NO2. The molecule has 0 spiro atoms. The topological polar surface area (TPSA) is 49.3 Å². The van der Waals surface area contributed by atoms with Crippen LogP contribution in [0.15, 0.2) is 0 Å². The highest BCUT2D eigenvalue weighted by atomic mass is 16.4. The molecule has 0 saturated heterocycles. The minimum absolute atomic E-state index is 0.102. The van der Waals surface area contributed by atoms with Crippen molar-refractivity contribution < 1.29 is 9.90 Å². The molecule has 0 bridgehead atoms. The maximum Gasteiger partial charge on any atom is 0.317 e. The van der Waals surface area contributed by atoms with Crippen LogP contribution in [0, 0.1) is 11.8 Å². The molecule has 0 amide bonds. The zero-order valence-corrected chi connectivity index (χ0v) is 8.25. The molecule has 0 aliphatic heterocycles. The first kappa shape index (κ1) is 10.5. The van der Waals surface area contributed by atoms with E-state index < -0.39 is 5.97 Å². The van der Waals surface area contributed by atoms with Crippen molar-refractivity contribution in [3.8, 4) is 0 Å². The van der Waals surface area contributed by atoms with Gasteiger partial charge in [-0.2, -0.15) is 0 Å². The van der Waals surface area contributed by atoms with Crippen molar-refractivity contribution in [2.75, 3.05) is 13.1 Å². The van der Waals surface area contributed by atoms with Gasteiger partial charge in [0.15, 0.2) is 0 Å². The van der Waals surface area contributed by atoms with Crippen molar-refractivity contribution in [3.05, 3.63) is 0 Å². The fourth-order valence-corrected chi connectivity index (χ4v) is 2.13. The molecule has 1 aliphatic carbocycles. The SMILES string of the molecule is CC1CCCC(CNCC(=O)O)C1. The van der Waals surface area contributed by atoms with Gasteiger partial charge in [0.05, 0.1) is 6.54 Å². The molecule has 0 aromatic heterocycles. The van der Waals surface area contributed by atoms with Gasteiger partial charge < -0.3 is 10.4 Å². The number of carboxylic acid groups (broad SMARTS) is 1. The van der Waals surface area contributed by atoms with Crippen molar-refractivity contribution in [3.63, 3.8) is 0 Å². The quantitative estimate of drug-likeness (QED) is 0.697. The maximum absolute atomic E-state index is 10.2. The number of hydrogen-bond acceptors (Lipinski definition) is 2. The minimum atomic E-state index is -0.760. The monoisotopic (exact) mass is 185 g/mol. The first-order valence-corrected chi connectivity index (χ1v) is 5.11. The highest BCUT2D eigenvalue weighted by molar-refractivity contribution is 5.68. The Kier molecular flexibility index (Phi) is 4.22. The molecule has 0 aromatic carbocycles. The van der Waals surface area contributed by atoms with Crippen LogP contribution in [-0.2, 0) is 4.79 Å². The predicted molar refractivity (Wildman–Crippen MR) is 51.6 cm³/mol. The lowest BCUT2D eigenvalue weighted by Gasteiger charge is -2.26. The molecule has 1 saturated carbocycles. The van der Waals surface area contributed by atoms with E-state index in [4.69, 9.17) is 5.11 Å². The van der Waals surface area contributed by atoms with Crippen LogP contribution in [0.25, 0.3) is 0 Å². The first-order valence-electron chi connectivity index (χ1n) is 5.11. The standard InChI is InChI=1S/C10H19NO2/c1-8-3-2-4-9(5-8)6-11-7-10(12)13/h8-9,11H,2-7H2,1H3,(H,12,13). The maximum atomic E-state index is 10.2. The van der Waals surface area contributed by atoms with Crippen LogP contribution >= 0.6 is 0 Å². The van der Waals surface area contributed by atoms with E-state index in [1.165, 1.54) is 25.7 Å². The number of aliphatic carboxylic acids is 1. The Morgan fingerprint density at radius 3 is 2.92 bits per heavy atom. The first-order chi connectivity index (χ1) is 6.18. The van der Waals surface area contributed by atoms with E-state index >= 15 is 0 Å². The fraction of sp³-hybridized carbons (Fsp3) is 0.900. The summed E-state index contributed by atoms with van der Waals surface area (Å²) in [5.41, 5.74) is 0. The van der Waals surface area contributed by atoms with E-state index in [1.807, 2.05) is 0 Å². The van der Waals surface area contributed by atoms with Crippen LogP contribution in [0.2, 0.25) is 0 Å². The lowest BCUT2D eigenvalue weighted by molar-refractivity contribution is -0.136. The molecule has 1 aliphatic rings. The molecule has 1 fully saturated rings. The van der Waals surface area contributed by atoms with E-state index in [2.05, 4.69) is 12.2 Å². The van der Waals surface area contributed by atoms with Gasteiger partial charge >= 0.3 is 5.97 Å². The summed E-state index contributed by atoms with van der Waals surface area (Å²) in [6.07, 6.45) is 5.17. The second kappa shape index (κ2) is 5.22. The Morgan fingerprint density at radius 1 is 1.54 bits per heavy atom. The summed E-state index contributed by atoms with van der Waals surface area (Å²) in [6.45, 7) is 3.25. The molecular weight excluding hydrogens is 166 g/mol. The van der Waals surface area contributed by atoms with Crippen LogP contribution in [0.1, 0.15) is 32.6 Å². The zero-order chi connectivity index (χ0) is 9.68. The van der Waals surface area contributed by atoms with E-state index in [0.717, 1.165) is 12.5 Å². The summed E-state index contributed by atoms with van der Waals surface area (Å²) in [4.78, 5) is 10.2. The summed E-state index contributed by atoms with van der Waals surface area (Å²) in [6, 6.07) is 0. The lowest BCUT2D eigenvalue weighted by atomic mass is 9.82. The Labute approximate surface area is 79.5 Å². The van der Waals surface area contributed by atoms with Gasteiger partial charge in [0.2, 0.25) is 0 Å². The third-order valence-corrected chi connectivity index (χ3v) is 2.75. The van der Waals surface area contributed by atoms with Gasteiger partial charge in [-0.25, -0.2) is 0 Å². The van der Waals surface area contributed by atoms with Gasteiger partial charge in [0, 0.05) is 0 Å². The molecule has 0 heterocycles. The molecule has 1 rings (SSSR count). The molecule has 3 nitrogen and oxygen atoms in total. The van der Waals surface area contributed by atoms with Crippen LogP contribution in [0.5, 0.6) is 0 Å². The highest BCUT2D eigenvalue weighted by Crippen LogP contribution is 2.27. The van der Waals surface area contributed by atoms with Gasteiger partial charge in [-0.1, -0.05) is 19.8 Å². The van der Waals surface area contributed by atoms with Crippen LogP contribution in [0.4, 0.5) is 0 Å². The average molecular weight is 185 g/mol. The summed E-state index contributed by atoms with van der Waals surface area (Å²) in [5, 5.41) is 11.4. The summed E-state index contributed by atoms with van der Waals surface area (Å²) in [5.74, 6) is 0.761. The average Bonchev–Trinajstić information content (AvgIpc) is 2.03. The Bertz CT molecular complexity index is 170. The molecule has 76 valence electrons. The number of carbonyl (C=O) groups is 1. The van der Waals surface area contributed by atoms with Gasteiger partial charge in [-0.05, 0) is 31.2 Å².